The maximum Gasteiger partial charge on any atom is 0.143 e. The molecular weight excluding hydrogens is 340 g/mol. The van der Waals surface area contributed by atoms with Gasteiger partial charge in [-0.25, -0.2) is 0 Å². The molecule has 28 heavy (non-hydrogen) atoms. The molecule has 1 heterocycles. The zero-order valence-electron chi connectivity index (χ0n) is 15.7. The van der Waals surface area contributed by atoms with Crippen molar-refractivity contribution in [3.05, 3.63) is 109 Å². The Morgan fingerprint density at radius 3 is 1.75 bits per heavy atom. The van der Waals surface area contributed by atoms with Crippen molar-refractivity contribution in [1.82, 2.24) is 0 Å². The number of benzene rings is 4. The van der Waals surface area contributed by atoms with Gasteiger partial charge in [0.2, 0.25) is 0 Å². The first-order chi connectivity index (χ1) is 13.8. The van der Waals surface area contributed by atoms with Gasteiger partial charge in [0.15, 0.2) is 0 Å². The molecular formula is C27H20O. The van der Waals surface area contributed by atoms with Crippen molar-refractivity contribution in [2.24, 2.45) is 0 Å². The predicted octanol–water partition coefficient (Wildman–Crippen LogP) is 7.74. The second-order valence-corrected chi connectivity index (χ2v) is 7.04. The lowest BCUT2D eigenvalue weighted by Gasteiger charge is -2.11. The highest BCUT2D eigenvalue weighted by Crippen LogP contribution is 2.43. The predicted molar refractivity (Wildman–Crippen MR) is 117 cm³/mol. The van der Waals surface area contributed by atoms with Gasteiger partial charge in [-0.2, -0.15) is 0 Å². The SMILES string of the molecule is Cc1cccc(-c2ccccc2)c1-c1oc(-c2ccccc2)c2ccccc12. The maximum absolute atomic E-state index is 6.58. The van der Waals surface area contributed by atoms with Crippen molar-refractivity contribution in [3.63, 3.8) is 0 Å². The van der Waals surface area contributed by atoms with Crippen LogP contribution in [0.15, 0.2) is 108 Å². The molecule has 0 spiro atoms. The largest absolute Gasteiger partial charge is 0.455 e. The molecule has 0 atom stereocenters. The summed E-state index contributed by atoms with van der Waals surface area (Å²) in [6, 6.07) is 35.8. The smallest absolute Gasteiger partial charge is 0.143 e. The first-order valence-electron chi connectivity index (χ1n) is 9.55. The lowest BCUT2D eigenvalue weighted by molar-refractivity contribution is 0.602. The zero-order chi connectivity index (χ0) is 18.9. The normalized spacial score (nSPS) is 11.0. The molecule has 0 saturated heterocycles. The molecule has 134 valence electrons. The molecule has 5 rings (SSSR count). The minimum Gasteiger partial charge on any atom is -0.455 e. The van der Waals surface area contributed by atoms with Gasteiger partial charge in [0.1, 0.15) is 11.5 Å². The van der Waals surface area contributed by atoms with E-state index in [2.05, 4.69) is 104 Å². The van der Waals surface area contributed by atoms with Crippen LogP contribution in [0.4, 0.5) is 0 Å². The summed E-state index contributed by atoms with van der Waals surface area (Å²) in [6.45, 7) is 2.15. The Morgan fingerprint density at radius 1 is 0.500 bits per heavy atom. The summed E-state index contributed by atoms with van der Waals surface area (Å²) < 4.78 is 6.58. The van der Waals surface area contributed by atoms with E-state index in [0.29, 0.717) is 0 Å². The minimum absolute atomic E-state index is 0.925. The molecule has 0 aliphatic carbocycles. The molecule has 4 aromatic carbocycles. The van der Waals surface area contributed by atoms with Crippen molar-refractivity contribution < 1.29 is 4.42 Å². The molecule has 1 aromatic heterocycles. The number of hydrogen-bond donors (Lipinski definition) is 0. The molecule has 0 saturated carbocycles. The second-order valence-electron chi connectivity index (χ2n) is 7.04. The zero-order valence-corrected chi connectivity index (χ0v) is 15.7. The van der Waals surface area contributed by atoms with Gasteiger partial charge in [-0.3, -0.25) is 0 Å². The Morgan fingerprint density at radius 2 is 1.07 bits per heavy atom. The Balaban J connectivity index is 1.83. The van der Waals surface area contributed by atoms with E-state index in [9.17, 15) is 0 Å². The molecule has 0 fully saturated rings. The fourth-order valence-corrected chi connectivity index (χ4v) is 3.91. The summed E-state index contributed by atoms with van der Waals surface area (Å²) in [5.41, 5.74) is 5.86. The maximum atomic E-state index is 6.58. The third-order valence-electron chi connectivity index (χ3n) is 5.24. The van der Waals surface area contributed by atoms with Gasteiger partial charge in [0.25, 0.3) is 0 Å². The van der Waals surface area contributed by atoms with Gasteiger partial charge in [-0.15, -0.1) is 0 Å². The Bertz CT molecular complexity index is 1250. The second kappa shape index (κ2) is 6.86. The van der Waals surface area contributed by atoms with Crippen LogP contribution in [0.25, 0.3) is 44.5 Å². The number of rotatable bonds is 3. The van der Waals surface area contributed by atoms with Crippen molar-refractivity contribution in [2.45, 2.75) is 6.92 Å². The summed E-state index contributed by atoms with van der Waals surface area (Å²) in [6.07, 6.45) is 0. The molecule has 0 amide bonds. The quantitative estimate of drug-likeness (QED) is 0.321. The van der Waals surface area contributed by atoms with Crippen LogP contribution in [0.1, 0.15) is 5.56 Å². The van der Waals surface area contributed by atoms with Crippen LogP contribution in [-0.2, 0) is 0 Å². The number of hydrogen-bond acceptors (Lipinski definition) is 1. The van der Waals surface area contributed by atoms with Crippen LogP contribution in [0, 0.1) is 6.92 Å². The average molecular weight is 360 g/mol. The van der Waals surface area contributed by atoms with Crippen LogP contribution in [0.5, 0.6) is 0 Å². The minimum atomic E-state index is 0.925. The Kier molecular flexibility index (Phi) is 4.06. The van der Waals surface area contributed by atoms with Gasteiger partial charge in [0.05, 0.1) is 0 Å². The third-order valence-corrected chi connectivity index (χ3v) is 5.24. The summed E-state index contributed by atoms with van der Waals surface area (Å²) in [5, 5.41) is 2.29. The van der Waals surface area contributed by atoms with Crippen LogP contribution >= 0.6 is 0 Å². The van der Waals surface area contributed by atoms with E-state index < -0.39 is 0 Å². The molecule has 0 unspecified atom stereocenters. The van der Waals surface area contributed by atoms with E-state index in [-0.39, 0.29) is 0 Å². The van der Waals surface area contributed by atoms with E-state index in [1.807, 2.05) is 6.07 Å². The lowest BCUT2D eigenvalue weighted by atomic mass is 9.93. The first kappa shape index (κ1) is 16.6. The fourth-order valence-electron chi connectivity index (χ4n) is 3.91. The van der Waals surface area contributed by atoms with Crippen LogP contribution in [0.3, 0.4) is 0 Å². The van der Waals surface area contributed by atoms with E-state index >= 15 is 0 Å². The molecule has 0 aliphatic heterocycles. The summed E-state index contributed by atoms with van der Waals surface area (Å²) in [4.78, 5) is 0. The standard InChI is InChI=1S/C27H20O/c1-19-11-10-18-22(20-12-4-2-5-13-20)25(19)27-24-17-9-8-16-23(24)26(28-27)21-14-6-3-7-15-21/h2-18H,1H3. The van der Waals surface area contributed by atoms with Crippen molar-refractivity contribution >= 4 is 10.8 Å². The number of furan rings is 1. The monoisotopic (exact) mass is 360 g/mol. The number of aryl methyl sites for hydroxylation is 1. The van der Waals surface area contributed by atoms with Gasteiger partial charge >= 0.3 is 0 Å². The third kappa shape index (κ3) is 2.73. The van der Waals surface area contributed by atoms with E-state index in [1.165, 1.54) is 16.7 Å². The fraction of sp³-hybridized carbons (Fsp3) is 0.0370. The average Bonchev–Trinajstić information content (AvgIpc) is 3.14. The van der Waals surface area contributed by atoms with E-state index in [4.69, 9.17) is 4.42 Å². The van der Waals surface area contributed by atoms with Gasteiger partial charge in [-0.1, -0.05) is 103 Å². The van der Waals surface area contributed by atoms with Crippen molar-refractivity contribution in [3.8, 4) is 33.8 Å². The first-order valence-corrected chi connectivity index (χ1v) is 9.55. The van der Waals surface area contributed by atoms with Gasteiger partial charge < -0.3 is 4.42 Å². The highest BCUT2D eigenvalue weighted by Gasteiger charge is 2.20. The summed E-state index contributed by atoms with van der Waals surface area (Å²) in [5.74, 6) is 1.86. The Labute approximate surface area is 164 Å². The molecule has 5 aromatic rings. The van der Waals surface area contributed by atoms with Crippen molar-refractivity contribution in [1.29, 1.82) is 0 Å². The molecule has 0 radical (unpaired) electrons. The van der Waals surface area contributed by atoms with Crippen molar-refractivity contribution in [2.75, 3.05) is 0 Å². The molecule has 1 nitrogen and oxygen atoms in total. The van der Waals surface area contributed by atoms with Gasteiger partial charge in [0, 0.05) is 21.9 Å². The highest BCUT2D eigenvalue weighted by molar-refractivity contribution is 6.05. The molecule has 0 aliphatic rings. The molecule has 1 heteroatoms. The Hall–Kier alpha value is -3.58. The highest BCUT2D eigenvalue weighted by atomic mass is 16.3. The van der Waals surface area contributed by atoms with Crippen LogP contribution in [0.2, 0.25) is 0 Å². The summed E-state index contributed by atoms with van der Waals surface area (Å²) in [7, 11) is 0. The molecule has 0 bridgehead atoms. The van der Waals surface area contributed by atoms with Crippen LogP contribution < -0.4 is 0 Å². The topological polar surface area (TPSA) is 13.1 Å². The summed E-state index contributed by atoms with van der Waals surface area (Å²) >= 11 is 0. The van der Waals surface area contributed by atoms with E-state index in [1.54, 1.807) is 0 Å². The number of fused-ring (bicyclic) bond motifs is 1. The molecule has 0 N–H and O–H groups in total. The van der Waals surface area contributed by atoms with E-state index in [0.717, 1.165) is 33.4 Å². The van der Waals surface area contributed by atoms with Crippen LogP contribution in [-0.4, -0.2) is 0 Å². The van der Waals surface area contributed by atoms with Gasteiger partial charge in [-0.05, 0) is 23.6 Å². The lowest BCUT2D eigenvalue weighted by Crippen LogP contribution is -1.88.